The molecule has 1 unspecified atom stereocenters. The van der Waals surface area contributed by atoms with E-state index in [1.165, 1.54) is 24.5 Å². The number of carboxylic acid groups (broad SMARTS) is 1. The summed E-state index contributed by atoms with van der Waals surface area (Å²) in [6, 6.07) is 19.8. The van der Waals surface area contributed by atoms with Crippen molar-refractivity contribution in [3.05, 3.63) is 100 Å². The topological polar surface area (TPSA) is 66.4 Å². The summed E-state index contributed by atoms with van der Waals surface area (Å²) in [6.45, 7) is 8.14. The van der Waals surface area contributed by atoms with Crippen LogP contribution in [-0.2, 0) is 17.6 Å². The van der Waals surface area contributed by atoms with E-state index in [4.69, 9.17) is 5.11 Å². The van der Waals surface area contributed by atoms with E-state index in [1.54, 1.807) is 0 Å². The van der Waals surface area contributed by atoms with Gasteiger partial charge >= 0.3 is 5.97 Å². The van der Waals surface area contributed by atoms with E-state index in [2.05, 4.69) is 48.3 Å². The number of aryl methyl sites for hydroxylation is 1. The molecule has 0 radical (unpaired) electrons. The zero-order valence-corrected chi connectivity index (χ0v) is 21.9. The van der Waals surface area contributed by atoms with Gasteiger partial charge in [-0.05, 0) is 78.3 Å². The molecule has 2 N–H and O–H groups in total. The van der Waals surface area contributed by atoms with E-state index in [1.807, 2.05) is 45.0 Å². The third-order valence-electron chi connectivity index (χ3n) is 6.34. The monoisotopic (exact) mass is 499 g/mol. The van der Waals surface area contributed by atoms with Crippen LogP contribution in [0.1, 0.15) is 73.1 Å². The summed E-state index contributed by atoms with van der Waals surface area (Å²) < 4.78 is 13.7. The fraction of sp³-hybridized carbons (Fsp3) is 0.312. The number of hydrogen-bond donors (Lipinski definition) is 2. The standard InChI is InChI=1S/C32H34FNO3/c1-5-6-7-22-8-10-23(11-9-22)12-13-24-14-16-25(17-15-24)20-28(32(2,3)4)30(35)34-26-18-19-29(33)27(21-26)31(36)37/h8-11,14-19,21,28H,5-7,20H2,1-4H3,(H,34,35)(H,36,37). The molecule has 0 aliphatic rings. The van der Waals surface area contributed by atoms with Crippen molar-refractivity contribution in [2.45, 2.75) is 53.4 Å². The smallest absolute Gasteiger partial charge is 0.338 e. The number of aromatic carboxylic acids is 1. The Morgan fingerprint density at radius 3 is 2.00 bits per heavy atom. The van der Waals surface area contributed by atoms with E-state index >= 15 is 0 Å². The van der Waals surface area contributed by atoms with Crippen LogP contribution in [0, 0.1) is 29.0 Å². The molecule has 0 aromatic heterocycles. The first-order chi connectivity index (χ1) is 17.6. The zero-order chi connectivity index (χ0) is 27.0. The number of hydrogen-bond acceptors (Lipinski definition) is 2. The highest BCUT2D eigenvalue weighted by Crippen LogP contribution is 2.31. The molecule has 0 saturated heterocycles. The molecule has 0 heterocycles. The van der Waals surface area contributed by atoms with Crippen molar-refractivity contribution in [2.75, 3.05) is 5.32 Å². The van der Waals surface area contributed by atoms with Crippen molar-refractivity contribution in [2.24, 2.45) is 11.3 Å². The number of rotatable bonds is 8. The summed E-state index contributed by atoms with van der Waals surface area (Å²) in [5.74, 6) is 3.54. The van der Waals surface area contributed by atoms with Gasteiger partial charge in [0.2, 0.25) is 5.91 Å². The Bertz CT molecular complexity index is 1290. The summed E-state index contributed by atoms with van der Waals surface area (Å²) >= 11 is 0. The Kier molecular flexibility index (Phi) is 9.25. The lowest BCUT2D eigenvalue weighted by molar-refractivity contribution is -0.122. The van der Waals surface area contributed by atoms with Gasteiger partial charge in [0.1, 0.15) is 5.82 Å². The molecule has 3 aromatic rings. The fourth-order valence-corrected chi connectivity index (χ4v) is 4.03. The van der Waals surface area contributed by atoms with Gasteiger partial charge in [-0.15, -0.1) is 0 Å². The first-order valence-corrected chi connectivity index (χ1v) is 12.6. The number of carboxylic acids is 1. The molecular formula is C32H34FNO3. The number of benzene rings is 3. The van der Waals surface area contributed by atoms with Crippen molar-refractivity contribution in [3.63, 3.8) is 0 Å². The molecule has 0 aliphatic carbocycles. The fourth-order valence-electron chi connectivity index (χ4n) is 4.03. The lowest BCUT2D eigenvalue weighted by Crippen LogP contribution is -2.35. The molecule has 4 nitrogen and oxygen atoms in total. The van der Waals surface area contributed by atoms with Crippen LogP contribution in [0.15, 0.2) is 66.7 Å². The molecule has 3 rings (SSSR count). The molecule has 0 bridgehead atoms. The van der Waals surface area contributed by atoms with Crippen molar-refractivity contribution in [1.82, 2.24) is 0 Å². The Balaban J connectivity index is 1.69. The molecule has 0 aliphatic heterocycles. The van der Waals surface area contributed by atoms with Gasteiger partial charge in [-0.1, -0.05) is 70.2 Å². The van der Waals surface area contributed by atoms with Crippen molar-refractivity contribution in [1.29, 1.82) is 0 Å². The second kappa shape index (κ2) is 12.4. The number of amides is 1. The van der Waals surface area contributed by atoms with Gasteiger partial charge in [0.05, 0.1) is 5.56 Å². The number of halogens is 1. The minimum Gasteiger partial charge on any atom is -0.478 e. The Morgan fingerprint density at radius 2 is 1.49 bits per heavy atom. The van der Waals surface area contributed by atoms with Gasteiger partial charge in [-0.2, -0.15) is 0 Å². The van der Waals surface area contributed by atoms with Gasteiger partial charge in [0.15, 0.2) is 0 Å². The first-order valence-electron chi connectivity index (χ1n) is 12.6. The van der Waals surface area contributed by atoms with Crippen LogP contribution < -0.4 is 5.32 Å². The lowest BCUT2D eigenvalue weighted by atomic mass is 9.76. The molecule has 37 heavy (non-hydrogen) atoms. The summed E-state index contributed by atoms with van der Waals surface area (Å²) in [5.41, 5.74) is 3.60. The first kappa shape index (κ1) is 27.7. The maximum atomic E-state index is 13.7. The highest BCUT2D eigenvalue weighted by Gasteiger charge is 2.31. The minimum absolute atomic E-state index is 0.248. The van der Waals surface area contributed by atoms with E-state index in [0.717, 1.165) is 35.2 Å². The number of anilines is 1. The predicted molar refractivity (Wildman–Crippen MR) is 146 cm³/mol. The van der Waals surface area contributed by atoms with Crippen molar-refractivity contribution >= 4 is 17.6 Å². The van der Waals surface area contributed by atoms with Gasteiger partial charge in [-0.25, -0.2) is 9.18 Å². The van der Waals surface area contributed by atoms with E-state index in [9.17, 15) is 14.0 Å². The summed E-state index contributed by atoms with van der Waals surface area (Å²) in [7, 11) is 0. The average Bonchev–Trinajstić information content (AvgIpc) is 2.86. The van der Waals surface area contributed by atoms with Gasteiger partial charge < -0.3 is 10.4 Å². The summed E-state index contributed by atoms with van der Waals surface area (Å²) in [4.78, 5) is 24.4. The van der Waals surface area contributed by atoms with Crippen LogP contribution in [0.4, 0.5) is 10.1 Å². The quantitative estimate of drug-likeness (QED) is 0.325. The second-order valence-corrected chi connectivity index (χ2v) is 10.4. The van der Waals surface area contributed by atoms with Crippen LogP contribution in [0.3, 0.4) is 0 Å². The Hall–Kier alpha value is -3.91. The normalized spacial score (nSPS) is 11.8. The highest BCUT2D eigenvalue weighted by atomic mass is 19.1. The minimum atomic E-state index is -1.38. The molecule has 1 amide bonds. The molecule has 0 spiro atoms. The van der Waals surface area contributed by atoms with E-state index in [0.29, 0.717) is 6.42 Å². The van der Waals surface area contributed by atoms with E-state index < -0.39 is 23.3 Å². The van der Waals surface area contributed by atoms with Crippen molar-refractivity contribution in [3.8, 4) is 11.8 Å². The zero-order valence-electron chi connectivity index (χ0n) is 21.9. The maximum absolute atomic E-state index is 13.7. The predicted octanol–water partition coefficient (Wildman–Crippen LogP) is 7.11. The number of carbonyl (C=O) groups excluding carboxylic acids is 1. The summed E-state index contributed by atoms with van der Waals surface area (Å²) in [6.07, 6.45) is 3.95. The van der Waals surface area contributed by atoms with Gasteiger partial charge in [-0.3, -0.25) is 4.79 Å². The van der Waals surface area contributed by atoms with Crippen LogP contribution >= 0.6 is 0 Å². The number of nitrogens with one attached hydrogen (secondary N) is 1. The van der Waals surface area contributed by atoms with Gasteiger partial charge in [0, 0.05) is 22.7 Å². The average molecular weight is 500 g/mol. The van der Waals surface area contributed by atoms with Crippen molar-refractivity contribution < 1.29 is 19.1 Å². The van der Waals surface area contributed by atoms with E-state index in [-0.39, 0.29) is 17.0 Å². The second-order valence-electron chi connectivity index (χ2n) is 10.4. The molecule has 192 valence electrons. The molecular weight excluding hydrogens is 465 g/mol. The Labute approximate surface area is 218 Å². The molecule has 0 fully saturated rings. The third kappa shape index (κ3) is 8.05. The molecule has 5 heteroatoms. The summed E-state index contributed by atoms with van der Waals surface area (Å²) in [5, 5.41) is 11.9. The molecule has 0 saturated carbocycles. The SMILES string of the molecule is CCCCc1ccc(C#Cc2ccc(CC(C(=O)Nc3ccc(F)c(C(=O)O)c3)C(C)(C)C)cc2)cc1. The molecule has 3 aromatic carbocycles. The number of carbonyl (C=O) groups is 2. The van der Waals surface area contributed by atoms with Crippen LogP contribution in [0.5, 0.6) is 0 Å². The Morgan fingerprint density at radius 1 is 0.919 bits per heavy atom. The highest BCUT2D eigenvalue weighted by molar-refractivity contribution is 5.95. The maximum Gasteiger partial charge on any atom is 0.338 e. The van der Waals surface area contributed by atoms with Crippen LogP contribution in [-0.4, -0.2) is 17.0 Å². The largest absolute Gasteiger partial charge is 0.478 e. The number of unbranched alkanes of at least 4 members (excludes halogenated alkanes) is 1. The van der Waals surface area contributed by atoms with Gasteiger partial charge in [0.25, 0.3) is 0 Å². The third-order valence-corrected chi connectivity index (χ3v) is 6.34. The van der Waals surface area contributed by atoms with Crippen LogP contribution in [0.2, 0.25) is 0 Å². The van der Waals surface area contributed by atoms with Crippen LogP contribution in [0.25, 0.3) is 0 Å². The lowest BCUT2D eigenvalue weighted by Gasteiger charge is -2.30. The molecule has 1 atom stereocenters.